The molecule has 0 amide bonds. The first-order chi connectivity index (χ1) is 8.45. The summed E-state index contributed by atoms with van der Waals surface area (Å²) in [5, 5.41) is 11.7. The number of benzene rings is 1. The summed E-state index contributed by atoms with van der Waals surface area (Å²) in [6.45, 7) is 4.73. The molecule has 0 aliphatic heterocycles. The summed E-state index contributed by atoms with van der Waals surface area (Å²) in [4.78, 5) is 11.4. The molecule has 0 aliphatic carbocycles. The summed E-state index contributed by atoms with van der Waals surface area (Å²) in [5.41, 5.74) is 2.29. The SMILES string of the molecule is Cn1c(=O)oc2cc(C(C)(C)CNCO)ccc21. The minimum atomic E-state index is -0.353. The van der Waals surface area contributed by atoms with Gasteiger partial charge in [0.05, 0.1) is 12.2 Å². The number of aromatic nitrogens is 1. The van der Waals surface area contributed by atoms with Crippen molar-refractivity contribution in [1.29, 1.82) is 0 Å². The highest BCUT2D eigenvalue weighted by atomic mass is 16.4. The van der Waals surface area contributed by atoms with E-state index in [2.05, 4.69) is 19.2 Å². The Morgan fingerprint density at radius 1 is 1.44 bits per heavy atom. The predicted molar refractivity (Wildman–Crippen MR) is 69.6 cm³/mol. The lowest BCUT2D eigenvalue weighted by Crippen LogP contribution is -2.33. The van der Waals surface area contributed by atoms with E-state index >= 15 is 0 Å². The Balaban J connectivity index is 2.44. The van der Waals surface area contributed by atoms with E-state index in [4.69, 9.17) is 9.52 Å². The van der Waals surface area contributed by atoms with Crippen molar-refractivity contribution < 1.29 is 9.52 Å². The van der Waals surface area contributed by atoms with Gasteiger partial charge in [0.15, 0.2) is 5.58 Å². The van der Waals surface area contributed by atoms with Crippen molar-refractivity contribution in [1.82, 2.24) is 9.88 Å². The van der Waals surface area contributed by atoms with Crippen LogP contribution in [0, 0.1) is 0 Å². The second-order valence-electron chi connectivity index (χ2n) is 5.08. The predicted octanol–water partition coefficient (Wildman–Crippen LogP) is 0.948. The fourth-order valence-electron chi connectivity index (χ4n) is 2.03. The lowest BCUT2D eigenvalue weighted by atomic mass is 9.84. The molecule has 1 aromatic heterocycles. The number of oxazole rings is 1. The highest BCUT2D eigenvalue weighted by Gasteiger charge is 2.21. The highest BCUT2D eigenvalue weighted by Crippen LogP contribution is 2.25. The maximum absolute atomic E-state index is 11.4. The van der Waals surface area contributed by atoms with Crippen LogP contribution in [0.4, 0.5) is 0 Å². The molecule has 5 nitrogen and oxygen atoms in total. The van der Waals surface area contributed by atoms with Crippen LogP contribution in [0.2, 0.25) is 0 Å². The quantitative estimate of drug-likeness (QED) is 0.793. The van der Waals surface area contributed by atoms with Crippen molar-refractivity contribution in [2.45, 2.75) is 19.3 Å². The molecule has 1 aromatic carbocycles. The van der Waals surface area contributed by atoms with Gasteiger partial charge in [0, 0.05) is 19.0 Å². The maximum atomic E-state index is 11.4. The average Bonchev–Trinajstić information content (AvgIpc) is 2.62. The molecule has 0 bridgehead atoms. The first kappa shape index (κ1) is 12.9. The van der Waals surface area contributed by atoms with Gasteiger partial charge < -0.3 is 9.52 Å². The molecule has 1 heterocycles. The molecule has 0 fully saturated rings. The molecule has 5 heteroatoms. The van der Waals surface area contributed by atoms with E-state index in [-0.39, 0.29) is 17.9 Å². The normalized spacial score (nSPS) is 12.2. The molecule has 0 saturated heterocycles. The third-order valence-corrected chi connectivity index (χ3v) is 3.25. The van der Waals surface area contributed by atoms with E-state index in [9.17, 15) is 4.79 Å². The molecule has 2 aromatic rings. The Morgan fingerprint density at radius 3 is 2.83 bits per heavy atom. The number of hydrogen-bond acceptors (Lipinski definition) is 4. The van der Waals surface area contributed by atoms with Gasteiger partial charge in [-0.15, -0.1) is 0 Å². The van der Waals surface area contributed by atoms with Crippen LogP contribution >= 0.6 is 0 Å². The zero-order valence-corrected chi connectivity index (χ0v) is 10.9. The van der Waals surface area contributed by atoms with Crippen LogP contribution in [0.3, 0.4) is 0 Å². The summed E-state index contributed by atoms with van der Waals surface area (Å²) in [6, 6.07) is 5.75. The molecule has 0 spiro atoms. The van der Waals surface area contributed by atoms with E-state index in [0.717, 1.165) is 11.1 Å². The number of aryl methyl sites for hydroxylation is 1. The maximum Gasteiger partial charge on any atom is 0.419 e. The van der Waals surface area contributed by atoms with E-state index in [1.54, 1.807) is 7.05 Å². The van der Waals surface area contributed by atoms with Crippen LogP contribution in [0.25, 0.3) is 11.1 Å². The van der Waals surface area contributed by atoms with Gasteiger partial charge in [0.25, 0.3) is 0 Å². The molecule has 18 heavy (non-hydrogen) atoms. The highest BCUT2D eigenvalue weighted by molar-refractivity contribution is 5.74. The minimum Gasteiger partial charge on any atom is -0.408 e. The minimum absolute atomic E-state index is 0.0495. The monoisotopic (exact) mass is 250 g/mol. The number of fused-ring (bicyclic) bond motifs is 1. The van der Waals surface area contributed by atoms with Crippen molar-refractivity contribution in [3.05, 3.63) is 34.3 Å². The van der Waals surface area contributed by atoms with Crippen LogP contribution in [0.15, 0.2) is 27.4 Å². The van der Waals surface area contributed by atoms with Crippen LogP contribution in [0.1, 0.15) is 19.4 Å². The Kier molecular flexibility index (Phi) is 3.28. The average molecular weight is 250 g/mol. The third-order valence-electron chi connectivity index (χ3n) is 3.25. The summed E-state index contributed by atoms with van der Waals surface area (Å²) in [5.74, 6) is -0.353. The van der Waals surface area contributed by atoms with Gasteiger partial charge in [-0.05, 0) is 17.7 Å². The van der Waals surface area contributed by atoms with Gasteiger partial charge in [-0.3, -0.25) is 9.88 Å². The Labute approximate surface area is 105 Å². The molecule has 2 rings (SSSR count). The molecule has 98 valence electrons. The molecule has 2 N–H and O–H groups in total. The molecule has 0 aliphatic rings. The largest absolute Gasteiger partial charge is 0.419 e. The van der Waals surface area contributed by atoms with Gasteiger partial charge in [0.2, 0.25) is 0 Å². The zero-order chi connectivity index (χ0) is 13.3. The molecule has 0 saturated carbocycles. The molecular formula is C13H18N2O3. The van der Waals surface area contributed by atoms with E-state index in [1.165, 1.54) is 4.57 Å². The summed E-state index contributed by atoms with van der Waals surface area (Å²) in [7, 11) is 1.69. The van der Waals surface area contributed by atoms with Gasteiger partial charge in [0.1, 0.15) is 0 Å². The Hall–Kier alpha value is -1.59. The number of aliphatic hydroxyl groups is 1. The smallest absolute Gasteiger partial charge is 0.408 e. The molecule has 0 unspecified atom stereocenters. The number of aliphatic hydroxyl groups excluding tert-OH is 1. The number of rotatable bonds is 4. The number of nitrogens with one attached hydrogen (secondary N) is 1. The second-order valence-corrected chi connectivity index (χ2v) is 5.08. The first-order valence-corrected chi connectivity index (χ1v) is 5.87. The van der Waals surface area contributed by atoms with Crippen molar-refractivity contribution in [2.75, 3.05) is 13.3 Å². The summed E-state index contributed by atoms with van der Waals surface area (Å²) >= 11 is 0. The molecular weight excluding hydrogens is 232 g/mol. The van der Waals surface area contributed by atoms with Crippen LogP contribution in [-0.4, -0.2) is 22.9 Å². The van der Waals surface area contributed by atoms with Crippen molar-refractivity contribution in [2.24, 2.45) is 7.05 Å². The van der Waals surface area contributed by atoms with Crippen LogP contribution in [-0.2, 0) is 12.5 Å². The van der Waals surface area contributed by atoms with Crippen LogP contribution < -0.4 is 11.1 Å². The summed E-state index contributed by atoms with van der Waals surface area (Å²) < 4.78 is 6.66. The fraction of sp³-hybridized carbons (Fsp3) is 0.462. The van der Waals surface area contributed by atoms with Gasteiger partial charge in [-0.1, -0.05) is 19.9 Å². The zero-order valence-electron chi connectivity index (χ0n) is 10.9. The molecule has 0 atom stereocenters. The number of hydrogen-bond donors (Lipinski definition) is 2. The van der Waals surface area contributed by atoms with Crippen molar-refractivity contribution in [3.63, 3.8) is 0 Å². The fourth-order valence-corrected chi connectivity index (χ4v) is 2.03. The first-order valence-electron chi connectivity index (χ1n) is 5.87. The second kappa shape index (κ2) is 4.59. The van der Waals surface area contributed by atoms with Gasteiger partial charge in [-0.25, -0.2) is 4.79 Å². The molecule has 0 radical (unpaired) electrons. The third kappa shape index (κ3) is 2.19. The van der Waals surface area contributed by atoms with E-state index in [1.807, 2.05) is 18.2 Å². The number of nitrogens with zero attached hydrogens (tertiary/aromatic N) is 1. The standard InChI is InChI=1S/C13H18N2O3/c1-13(2,7-14-8-16)9-4-5-10-11(6-9)18-12(17)15(10)3/h4-6,14,16H,7-8H2,1-3H3. The van der Waals surface area contributed by atoms with Crippen molar-refractivity contribution >= 4 is 11.1 Å². The Morgan fingerprint density at radius 2 is 2.17 bits per heavy atom. The lowest BCUT2D eigenvalue weighted by Gasteiger charge is -2.25. The van der Waals surface area contributed by atoms with Crippen LogP contribution in [0.5, 0.6) is 0 Å². The van der Waals surface area contributed by atoms with Gasteiger partial charge in [-0.2, -0.15) is 0 Å². The lowest BCUT2D eigenvalue weighted by molar-refractivity contribution is 0.247. The van der Waals surface area contributed by atoms with Crippen molar-refractivity contribution in [3.8, 4) is 0 Å². The Bertz CT molecular complexity index is 610. The summed E-state index contributed by atoms with van der Waals surface area (Å²) in [6.07, 6.45) is 0. The topological polar surface area (TPSA) is 67.4 Å². The van der Waals surface area contributed by atoms with E-state index < -0.39 is 0 Å². The van der Waals surface area contributed by atoms with Gasteiger partial charge >= 0.3 is 5.76 Å². The van der Waals surface area contributed by atoms with E-state index in [0.29, 0.717) is 12.1 Å².